The molecule has 0 aliphatic rings. The maximum absolute atomic E-state index is 13.1. The molecular weight excluding hydrogens is 287 g/mol. The monoisotopic (exact) mass is 296 g/mol. The van der Waals surface area contributed by atoms with Crippen molar-refractivity contribution in [3.8, 4) is 5.75 Å². The highest BCUT2D eigenvalue weighted by Gasteiger charge is 2.12. The summed E-state index contributed by atoms with van der Waals surface area (Å²) in [6.07, 6.45) is 0. The van der Waals surface area contributed by atoms with Gasteiger partial charge >= 0.3 is 0 Å². The second kappa shape index (κ2) is 5.75. The molecule has 0 unspecified atom stereocenters. The summed E-state index contributed by atoms with van der Waals surface area (Å²) in [5.41, 5.74) is 0.890. The number of nitro groups is 1. The Hall–Kier alpha value is -2.34. The molecule has 2 aromatic rings. The molecule has 0 bridgehead atoms. The van der Waals surface area contributed by atoms with Crippen LogP contribution in [0.4, 0.5) is 15.8 Å². The molecule has 0 saturated carbocycles. The number of hydrogen-bond donors (Lipinski definition) is 2. The van der Waals surface area contributed by atoms with Crippen molar-refractivity contribution in [2.45, 2.75) is 6.54 Å². The number of rotatable bonds is 4. The summed E-state index contributed by atoms with van der Waals surface area (Å²) in [7, 11) is 0. The minimum atomic E-state index is -0.716. The van der Waals surface area contributed by atoms with Crippen LogP contribution >= 0.6 is 11.6 Å². The number of halogens is 2. The van der Waals surface area contributed by atoms with E-state index in [4.69, 9.17) is 16.7 Å². The van der Waals surface area contributed by atoms with Gasteiger partial charge in [0.15, 0.2) is 11.6 Å². The van der Waals surface area contributed by atoms with Crippen molar-refractivity contribution in [2.75, 3.05) is 5.32 Å². The van der Waals surface area contributed by atoms with Crippen LogP contribution in [-0.4, -0.2) is 10.0 Å². The summed E-state index contributed by atoms with van der Waals surface area (Å²) in [6.45, 7) is 0.260. The van der Waals surface area contributed by atoms with Gasteiger partial charge in [-0.2, -0.15) is 0 Å². The van der Waals surface area contributed by atoms with Gasteiger partial charge in [-0.25, -0.2) is 4.39 Å². The van der Waals surface area contributed by atoms with E-state index in [9.17, 15) is 14.5 Å². The van der Waals surface area contributed by atoms with E-state index in [1.54, 1.807) is 12.1 Å². The average molecular weight is 297 g/mol. The van der Waals surface area contributed by atoms with E-state index in [0.29, 0.717) is 11.3 Å². The number of anilines is 1. The topological polar surface area (TPSA) is 75.4 Å². The molecule has 20 heavy (non-hydrogen) atoms. The molecule has 0 atom stereocenters. The van der Waals surface area contributed by atoms with Crippen LogP contribution in [-0.2, 0) is 6.54 Å². The number of phenols is 1. The van der Waals surface area contributed by atoms with Crippen molar-refractivity contribution in [1.29, 1.82) is 0 Å². The third-order valence-corrected chi connectivity index (χ3v) is 2.97. The fourth-order valence-corrected chi connectivity index (χ4v) is 1.81. The Balaban J connectivity index is 2.12. The Morgan fingerprint density at radius 3 is 2.70 bits per heavy atom. The lowest BCUT2D eigenvalue weighted by Gasteiger charge is -2.07. The zero-order valence-corrected chi connectivity index (χ0v) is 10.9. The third kappa shape index (κ3) is 3.16. The normalized spacial score (nSPS) is 10.3. The van der Waals surface area contributed by atoms with E-state index < -0.39 is 16.5 Å². The smallest absolute Gasteiger partial charge is 0.289 e. The van der Waals surface area contributed by atoms with Gasteiger partial charge < -0.3 is 10.4 Å². The van der Waals surface area contributed by atoms with Gasteiger partial charge in [0.1, 0.15) is 5.02 Å². The van der Waals surface area contributed by atoms with Crippen LogP contribution in [0.15, 0.2) is 36.4 Å². The lowest BCUT2D eigenvalue weighted by atomic mass is 10.2. The maximum atomic E-state index is 13.1. The quantitative estimate of drug-likeness (QED) is 0.666. The molecule has 2 aromatic carbocycles. The van der Waals surface area contributed by atoms with Crippen molar-refractivity contribution >= 4 is 23.0 Å². The van der Waals surface area contributed by atoms with Crippen LogP contribution in [0.2, 0.25) is 5.02 Å². The van der Waals surface area contributed by atoms with Gasteiger partial charge in [-0.15, -0.1) is 0 Å². The number of aromatic hydroxyl groups is 1. The summed E-state index contributed by atoms with van der Waals surface area (Å²) in [4.78, 5) is 10.2. The van der Waals surface area contributed by atoms with Crippen LogP contribution < -0.4 is 5.32 Å². The van der Waals surface area contributed by atoms with Crippen molar-refractivity contribution in [1.82, 2.24) is 0 Å². The van der Waals surface area contributed by atoms with Crippen LogP contribution in [0.25, 0.3) is 0 Å². The largest absolute Gasteiger partial charge is 0.505 e. The summed E-state index contributed by atoms with van der Waals surface area (Å²) in [5.74, 6) is -1.14. The lowest BCUT2D eigenvalue weighted by molar-refractivity contribution is -0.384. The molecular formula is C13H10ClFN2O3. The molecule has 0 saturated heterocycles. The van der Waals surface area contributed by atoms with E-state index in [0.717, 1.165) is 0 Å². The molecule has 0 amide bonds. The van der Waals surface area contributed by atoms with E-state index in [2.05, 4.69) is 5.32 Å². The summed E-state index contributed by atoms with van der Waals surface area (Å²) in [5, 5.41) is 22.8. The summed E-state index contributed by atoms with van der Waals surface area (Å²) in [6, 6.07) is 8.30. The molecule has 5 nitrogen and oxygen atoms in total. The molecule has 0 heterocycles. The van der Waals surface area contributed by atoms with Crippen LogP contribution in [0.3, 0.4) is 0 Å². The Morgan fingerprint density at radius 2 is 2.05 bits per heavy atom. The molecule has 0 aromatic heterocycles. The average Bonchev–Trinajstić information content (AvgIpc) is 2.41. The van der Waals surface area contributed by atoms with Crippen LogP contribution in [0, 0.1) is 15.9 Å². The predicted molar refractivity (Wildman–Crippen MR) is 73.5 cm³/mol. The van der Waals surface area contributed by atoms with E-state index in [1.807, 2.05) is 0 Å². The lowest BCUT2D eigenvalue weighted by Crippen LogP contribution is -2.00. The van der Waals surface area contributed by atoms with Crippen molar-refractivity contribution in [3.63, 3.8) is 0 Å². The highest BCUT2D eigenvalue weighted by molar-refractivity contribution is 6.32. The first-order valence-corrected chi connectivity index (χ1v) is 6.00. The second-order valence-electron chi connectivity index (χ2n) is 4.06. The molecule has 0 aliphatic heterocycles. The molecule has 0 aliphatic carbocycles. The fraction of sp³-hybridized carbons (Fsp3) is 0.0769. The second-order valence-corrected chi connectivity index (χ2v) is 4.47. The SMILES string of the molecule is O=[N+]([O-])c1cc(NCc2ccc(O)c(F)c2)ccc1Cl. The van der Waals surface area contributed by atoms with Gasteiger partial charge in [-0.3, -0.25) is 10.1 Å². The van der Waals surface area contributed by atoms with Crippen molar-refractivity contribution in [3.05, 3.63) is 62.9 Å². The van der Waals surface area contributed by atoms with Gasteiger partial charge in [0.05, 0.1) is 4.92 Å². The van der Waals surface area contributed by atoms with Gasteiger partial charge in [-0.05, 0) is 29.8 Å². The molecule has 7 heteroatoms. The molecule has 0 radical (unpaired) electrons. The third-order valence-electron chi connectivity index (χ3n) is 2.65. The Bertz CT molecular complexity index is 664. The fourth-order valence-electron chi connectivity index (χ4n) is 1.63. The number of nitrogens with one attached hydrogen (secondary N) is 1. The minimum absolute atomic E-state index is 0.0521. The number of phenolic OH excluding ortho intramolecular Hbond substituents is 1. The van der Waals surface area contributed by atoms with E-state index >= 15 is 0 Å². The standard InChI is InChI=1S/C13H10ClFN2O3/c14-10-3-2-9(6-12(10)17(19)20)16-7-8-1-4-13(18)11(15)5-8/h1-6,16,18H,7H2. The summed E-state index contributed by atoms with van der Waals surface area (Å²) >= 11 is 5.70. The minimum Gasteiger partial charge on any atom is -0.505 e. The van der Waals surface area contributed by atoms with E-state index in [-0.39, 0.29) is 17.3 Å². The summed E-state index contributed by atoms with van der Waals surface area (Å²) < 4.78 is 13.1. The van der Waals surface area contributed by atoms with Gasteiger partial charge in [-0.1, -0.05) is 17.7 Å². The first kappa shape index (κ1) is 14.1. The molecule has 104 valence electrons. The van der Waals surface area contributed by atoms with Crippen molar-refractivity contribution < 1.29 is 14.4 Å². The molecule has 0 spiro atoms. The highest BCUT2D eigenvalue weighted by atomic mass is 35.5. The van der Waals surface area contributed by atoms with Gasteiger partial charge in [0.25, 0.3) is 5.69 Å². The first-order chi connectivity index (χ1) is 9.47. The Morgan fingerprint density at radius 1 is 1.30 bits per heavy atom. The number of nitrogens with zero attached hydrogens (tertiary/aromatic N) is 1. The zero-order chi connectivity index (χ0) is 14.7. The first-order valence-electron chi connectivity index (χ1n) is 5.62. The molecule has 2 rings (SSSR count). The number of hydrogen-bond acceptors (Lipinski definition) is 4. The van der Waals surface area contributed by atoms with Crippen LogP contribution in [0.5, 0.6) is 5.75 Å². The van der Waals surface area contributed by atoms with Gasteiger partial charge in [0.2, 0.25) is 0 Å². The molecule has 0 fully saturated rings. The Kier molecular flexibility index (Phi) is 4.05. The van der Waals surface area contributed by atoms with Crippen LogP contribution in [0.1, 0.15) is 5.56 Å². The molecule has 2 N–H and O–H groups in total. The number of benzene rings is 2. The van der Waals surface area contributed by atoms with Crippen molar-refractivity contribution in [2.24, 2.45) is 0 Å². The predicted octanol–water partition coefficient (Wildman–Crippen LogP) is 3.71. The zero-order valence-electron chi connectivity index (χ0n) is 10.1. The maximum Gasteiger partial charge on any atom is 0.289 e. The van der Waals surface area contributed by atoms with Gasteiger partial charge in [0, 0.05) is 18.3 Å². The van der Waals surface area contributed by atoms with E-state index in [1.165, 1.54) is 24.3 Å². The number of nitro benzene ring substituents is 1. The highest BCUT2D eigenvalue weighted by Crippen LogP contribution is 2.27. The Labute approximate surface area is 118 Å².